The van der Waals surface area contributed by atoms with Crippen molar-refractivity contribution in [1.82, 2.24) is 20.2 Å². The predicted octanol–water partition coefficient (Wildman–Crippen LogP) is 0.321. The molecule has 2 N–H and O–H groups in total. The number of ether oxygens (including phenoxy) is 4. The quantitative estimate of drug-likeness (QED) is 0.190. The maximum Gasteiger partial charge on any atom is 0.303 e. The molecular formula is C27H36N4O10. The van der Waals surface area contributed by atoms with Crippen molar-refractivity contribution in [2.75, 3.05) is 26.7 Å². The van der Waals surface area contributed by atoms with Crippen molar-refractivity contribution in [2.45, 2.75) is 66.4 Å². The smallest absolute Gasteiger partial charge is 0.303 e. The van der Waals surface area contributed by atoms with Gasteiger partial charge in [0.1, 0.15) is 6.61 Å². The zero-order chi connectivity index (χ0) is 30.9. The predicted molar refractivity (Wildman–Crippen MR) is 145 cm³/mol. The molecule has 2 aromatic rings. The molecule has 1 amide bonds. The first kappa shape index (κ1) is 32.9. The molecule has 41 heavy (non-hydrogen) atoms. The largest absolute Gasteiger partial charge is 0.462 e. The second-order valence-corrected chi connectivity index (χ2v) is 9.33. The van der Waals surface area contributed by atoms with Gasteiger partial charge in [0.2, 0.25) is 0 Å². The molecule has 0 radical (unpaired) electrons. The number of carbonyl (C=O) groups excluding carboxylic acids is 5. The number of fused-ring (bicyclic) bond motifs is 1. The summed E-state index contributed by atoms with van der Waals surface area (Å²) in [5.41, 5.74) is 1.08. The van der Waals surface area contributed by atoms with Gasteiger partial charge in [0.05, 0.1) is 17.6 Å². The number of hydrogen-bond donors (Lipinski definition) is 2. The molecule has 0 bridgehead atoms. The molecule has 0 saturated carbocycles. The Kier molecular flexibility index (Phi) is 11.9. The number of benzene rings is 1. The van der Waals surface area contributed by atoms with Gasteiger partial charge in [0.25, 0.3) is 11.5 Å². The Labute approximate surface area is 236 Å². The minimum Gasteiger partial charge on any atom is -0.462 e. The topological polar surface area (TPSA) is 181 Å². The summed E-state index contributed by atoms with van der Waals surface area (Å²) < 4.78 is 22.4. The van der Waals surface area contributed by atoms with Crippen LogP contribution < -0.4 is 16.2 Å². The number of nitrogens with one attached hydrogen (secondary N) is 2. The number of aromatic nitrogens is 2. The van der Waals surface area contributed by atoms with Gasteiger partial charge in [-0.3, -0.25) is 28.8 Å². The van der Waals surface area contributed by atoms with E-state index in [-0.39, 0.29) is 6.54 Å². The molecule has 14 heteroatoms. The molecule has 2 rings (SSSR count). The van der Waals surface area contributed by atoms with Crippen LogP contribution in [0, 0.1) is 13.8 Å². The second kappa shape index (κ2) is 14.9. The first-order valence-corrected chi connectivity index (χ1v) is 12.8. The van der Waals surface area contributed by atoms with Crippen molar-refractivity contribution in [3.8, 4) is 0 Å². The lowest BCUT2D eigenvalue weighted by molar-refractivity contribution is -0.190. The van der Waals surface area contributed by atoms with Crippen LogP contribution in [0.2, 0.25) is 0 Å². The molecule has 0 aliphatic heterocycles. The van der Waals surface area contributed by atoms with E-state index in [2.05, 4.69) is 15.6 Å². The van der Waals surface area contributed by atoms with Gasteiger partial charge >= 0.3 is 23.9 Å². The van der Waals surface area contributed by atoms with E-state index in [1.165, 1.54) is 4.57 Å². The average Bonchev–Trinajstić information content (AvgIpc) is 2.86. The molecule has 1 aromatic carbocycles. The zero-order valence-corrected chi connectivity index (χ0v) is 24.2. The number of carbonyl (C=O) groups is 5. The minimum absolute atomic E-state index is 0.228. The fourth-order valence-electron chi connectivity index (χ4n) is 4.00. The Hall–Kier alpha value is -4.33. The molecule has 1 aromatic heterocycles. The Morgan fingerprint density at radius 2 is 1.44 bits per heavy atom. The van der Waals surface area contributed by atoms with E-state index in [1.807, 2.05) is 13.8 Å². The summed E-state index contributed by atoms with van der Waals surface area (Å²) >= 11 is 0. The highest BCUT2D eigenvalue weighted by atomic mass is 16.6. The van der Waals surface area contributed by atoms with Crippen LogP contribution in [0.5, 0.6) is 0 Å². The van der Waals surface area contributed by atoms with Crippen molar-refractivity contribution < 1.29 is 42.9 Å². The first-order chi connectivity index (χ1) is 19.2. The van der Waals surface area contributed by atoms with Crippen LogP contribution in [0.1, 0.15) is 49.3 Å². The van der Waals surface area contributed by atoms with Crippen LogP contribution in [0.15, 0.2) is 16.9 Å². The number of esters is 4. The van der Waals surface area contributed by atoms with Crippen molar-refractivity contribution >= 4 is 40.8 Å². The first-order valence-electron chi connectivity index (χ1n) is 12.8. The van der Waals surface area contributed by atoms with Gasteiger partial charge in [-0.1, -0.05) is 0 Å². The lowest BCUT2D eigenvalue weighted by atomic mass is 10.1. The molecule has 0 spiro atoms. The van der Waals surface area contributed by atoms with E-state index >= 15 is 0 Å². The lowest BCUT2D eigenvalue weighted by Crippen LogP contribution is -2.50. The molecule has 0 fully saturated rings. The summed E-state index contributed by atoms with van der Waals surface area (Å²) in [6, 6.07) is 3.40. The number of nitrogens with zero attached hydrogens (tertiary/aromatic N) is 2. The standard InChI is InChI=1S/C27H36N4O10/c1-14-10-20-21(11-15(14)2)31(27(37)24(30-20)26(36)29-9-8-28-7)12-22(39-17(4)33)25(41-19(6)35)23(40-18(5)34)13-38-16(3)32/h10-11,22-23,25,28H,8-9,12-13H2,1-7H3,(H,29,36)/t22-,23+,25-/m0/s1. The summed E-state index contributed by atoms with van der Waals surface area (Å²) in [4.78, 5) is 78.7. The van der Waals surface area contributed by atoms with Gasteiger partial charge in [-0.25, -0.2) is 4.98 Å². The Balaban J connectivity index is 2.75. The van der Waals surface area contributed by atoms with Crippen molar-refractivity contribution in [2.24, 2.45) is 0 Å². The van der Waals surface area contributed by atoms with Gasteiger partial charge in [-0.15, -0.1) is 0 Å². The molecule has 224 valence electrons. The Morgan fingerprint density at radius 1 is 0.854 bits per heavy atom. The molecule has 0 aliphatic rings. The molecule has 3 atom stereocenters. The van der Waals surface area contributed by atoms with Gasteiger partial charge in [-0.2, -0.15) is 0 Å². The van der Waals surface area contributed by atoms with Crippen LogP contribution in [0.3, 0.4) is 0 Å². The highest BCUT2D eigenvalue weighted by Gasteiger charge is 2.39. The van der Waals surface area contributed by atoms with E-state index < -0.39 is 72.5 Å². The van der Waals surface area contributed by atoms with Gasteiger partial charge < -0.3 is 34.1 Å². The van der Waals surface area contributed by atoms with E-state index in [1.54, 1.807) is 19.2 Å². The summed E-state index contributed by atoms with van der Waals surface area (Å²) in [6.07, 6.45) is -4.34. The SMILES string of the molecule is CNCCNC(=O)c1nc2cc(C)c(C)cc2n(C[C@H](OC(C)=O)[C@H](OC(C)=O)[C@@H](COC(C)=O)OC(C)=O)c1=O. The average molecular weight is 577 g/mol. The maximum atomic E-state index is 13.7. The molecule has 0 unspecified atom stereocenters. The van der Waals surface area contributed by atoms with E-state index in [0.717, 1.165) is 38.8 Å². The number of amides is 1. The fraction of sp³-hybridized carbons (Fsp3) is 0.519. The number of rotatable bonds is 13. The molecule has 14 nitrogen and oxygen atoms in total. The molecule has 0 saturated heterocycles. The second-order valence-electron chi connectivity index (χ2n) is 9.33. The molecule has 1 heterocycles. The van der Waals surface area contributed by atoms with Crippen LogP contribution >= 0.6 is 0 Å². The molecule has 0 aliphatic carbocycles. The third-order valence-electron chi connectivity index (χ3n) is 5.92. The summed E-state index contributed by atoms with van der Waals surface area (Å²) in [5, 5.41) is 5.50. The van der Waals surface area contributed by atoms with Crippen molar-refractivity contribution in [1.29, 1.82) is 0 Å². The summed E-state index contributed by atoms with van der Waals surface area (Å²) in [7, 11) is 1.71. The summed E-state index contributed by atoms with van der Waals surface area (Å²) in [5.74, 6) is -3.84. The number of hydrogen-bond acceptors (Lipinski definition) is 12. The Bertz CT molecular complexity index is 1370. The lowest BCUT2D eigenvalue weighted by Gasteiger charge is -2.32. The van der Waals surface area contributed by atoms with Crippen molar-refractivity contribution in [3.63, 3.8) is 0 Å². The maximum absolute atomic E-state index is 13.7. The summed E-state index contributed by atoms with van der Waals surface area (Å²) in [6.45, 7) is 7.78. The van der Waals surface area contributed by atoms with Gasteiger partial charge in [0.15, 0.2) is 24.0 Å². The Morgan fingerprint density at radius 3 is 2.00 bits per heavy atom. The number of aryl methyl sites for hydroxylation is 2. The third kappa shape index (κ3) is 9.38. The van der Waals surface area contributed by atoms with Gasteiger partial charge in [-0.05, 0) is 44.2 Å². The van der Waals surface area contributed by atoms with Crippen LogP contribution in [0.4, 0.5) is 0 Å². The van der Waals surface area contributed by atoms with Crippen molar-refractivity contribution in [3.05, 3.63) is 39.3 Å². The fourth-order valence-corrected chi connectivity index (χ4v) is 4.00. The zero-order valence-electron chi connectivity index (χ0n) is 24.2. The monoisotopic (exact) mass is 576 g/mol. The van der Waals surface area contributed by atoms with Crippen LogP contribution in [-0.2, 0) is 44.7 Å². The van der Waals surface area contributed by atoms with E-state index in [9.17, 15) is 28.8 Å². The van der Waals surface area contributed by atoms with Crippen LogP contribution in [-0.4, -0.2) is 84.4 Å². The normalized spacial score (nSPS) is 13.0. The minimum atomic E-state index is -1.51. The highest BCUT2D eigenvalue weighted by molar-refractivity contribution is 5.94. The number of likely N-dealkylation sites (N-methyl/N-ethyl adjacent to an activating group) is 1. The highest BCUT2D eigenvalue weighted by Crippen LogP contribution is 2.21. The van der Waals surface area contributed by atoms with Gasteiger partial charge in [0, 0.05) is 40.8 Å². The van der Waals surface area contributed by atoms with E-state index in [4.69, 9.17) is 18.9 Å². The van der Waals surface area contributed by atoms with E-state index in [0.29, 0.717) is 17.6 Å². The molecular weight excluding hydrogens is 540 g/mol. The third-order valence-corrected chi connectivity index (χ3v) is 5.92. The van der Waals surface area contributed by atoms with Crippen LogP contribution in [0.25, 0.3) is 11.0 Å².